The molecule has 4 heteroatoms. The number of hydrogen-bond donors (Lipinski definition) is 2. The average molecular weight is 228 g/mol. The molecule has 16 heavy (non-hydrogen) atoms. The van der Waals surface area contributed by atoms with Crippen molar-refractivity contribution in [1.82, 2.24) is 10.2 Å². The van der Waals surface area contributed by atoms with Crippen LogP contribution in [0.15, 0.2) is 12.2 Å². The number of unbranched alkanes of at least 4 members (excludes halogenated alkanes) is 1. The Hall–Kier alpha value is -0.870. The lowest BCUT2D eigenvalue weighted by Crippen LogP contribution is -2.28. The van der Waals surface area contributed by atoms with E-state index < -0.39 is 5.97 Å². The first-order valence-corrected chi connectivity index (χ1v) is 5.77. The van der Waals surface area contributed by atoms with Crippen LogP contribution in [0.25, 0.3) is 0 Å². The molecule has 4 nitrogen and oxygen atoms in total. The average Bonchev–Trinajstić information content (AvgIpc) is 2.21. The standard InChI is InChI=1S/C12H24N2O2/c1-10(2)14(4)8-6-5-7-13-9-11(3)12(15)16/h10,13H,3,5-9H2,1-2,4H3,(H,15,16). The molecule has 0 atom stereocenters. The Morgan fingerprint density at radius 1 is 1.44 bits per heavy atom. The van der Waals surface area contributed by atoms with Gasteiger partial charge in [0.05, 0.1) is 0 Å². The zero-order chi connectivity index (χ0) is 12.6. The molecule has 0 aromatic rings. The first kappa shape index (κ1) is 15.1. The summed E-state index contributed by atoms with van der Waals surface area (Å²) >= 11 is 0. The lowest BCUT2D eigenvalue weighted by atomic mass is 10.2. The van der Waals surface area contributed by atoms with Crippen LogP contribution in [-0.4, -0.2) is 48.7 Å². The highest BCUT2D eigenvalue weighted by molar-refractivity contribution is 5.86. The Kier molecular flexibility index (Phi) is 7.85. The summed E-state index contributed by atoms with van der Waals surface area (Å²) < 4.78 is 0. The zero-order valence-corrected chi connectivity index (χ0v) is 10.6. The predicted molar refractivity (Wildman–Crippen MR) is 66.6 cm³/mol. The Balaban J connectivity index is 3.34. The lowest BCUT2D eigenvalue weighted by Gasteiger charge is -2.20. The second-order valence-corrected chi connectivity index (χ2v) is 4.37. The maximum Gasteiger partial charge on any atom is 0.332 e. The molecule has 0 spiro atoms. The van der Waals surface area contributed by atoms with Crippen molar-refractivity contribution >= 4 is 5.97 Å². The number of carbonyl (C=O) groups is 1. The maximum atomic E-state index is 10.4. The van der Waals surface area contributed by atoms with E-state index >= 15 is 0 Å². The molecular weight excluding hydrogens is 204 g/mol. The van der Waals surface area contributed by atoms with E-state index in [1.807, 2.05) is 0 Å². The van der Waals surface area contributed by atoms with Crippen LogP contribution in [0.1, 0.15) is 26.7 Å². The van der Waals surface area contributed by atoms with Gasteiger partial charge < -0.3 is 15.3 Å². The Labute approximate surface area is 98.3 Å². The molecule has 0 aromatic carbocycles. The summed E-state index contributed by atoms with van der Waals surface area (Å²) in [5.41, 5.74) is 0.222. The minimum Gasteiger partial charge on any atom is -0.478 e. The second-order valence-electron chi connectivity index (χ2n) is 4.37. The van der Waals surface area contributed by atoms with Crippen molar-refractivity contribution in [1.29, 1.82) is 0 Å². The molecule has 94 valence electrons. The minimum absolute atomic E-state index is 0.222. The smallest absolute Gasteiger partial charge is 0.332 e. The molecule has 0 aliphatic heterocycles. The van der Waals surface area contributed by atoms with Crippen molar-refractivity contribution in [2.45, 2.75) is 32.7 Å². The second kappa shape index (κ2) is 8.30. The summed E-state index contributed by atoms with van der Waals surface area (Å²) in [7, 11) is 2.12. The molecule has 0 heterocycles. The molecule has 0 aromatic heterocycles. The third kappa shape index (κ3) is 7.43. The highest BCUT2D eigenvalue weighted by Gasteiger charge is 2.03. The minimum atomic E-state index is -0.924. The van der Waals surface area contributed by atoms with Gasteiger partial charge in [-0.3, -0.25) is 0 Å². The van der Waals surface area contributed by atoms with Gasteiger partial charge in [0.25, 0.3) is 0 Å². The van der Waals surface area contributed by atoms with Crippen LogP contribution in [0.3, 0.4) is 0 Å². The Morgan fingerprint density at radius 2 is 2.06 bits per heavy atom. The van der Waals surface area contributed by atoms with Crippen LogP contribution in [-0.2, 0) is 4.79 Å². The SMILES string of the molecule is C=C(CNCCCCN(C)C(C)C)C(=O)O. The fourth-order valence-electron chi connectivity index (χ4n) is 1.18. The van der Waals surface area contributed by atoms with E-state index in [9.17, 15) is 4.79 Å². The van der Waals surface area contributed by atoms with Crippen molar-refractivity contribution in [2.24, 2.45) is 0 Å². The molecule has 0 bridgehead atoms. The summed E-state index contributed by atoms with van der Waals surface area (Å²) in [6, 6.07) is 0.583. The summed E-state index contributed by atoms with van der Waals surface area (Å²) in [4.78, 5) is 12.7. The van der Waals surface area contributed by atoms with Gasteiger partial charge in [0.15, 0.2) is 0 Å². The summed E-state index contributed by atoms with van der Waals surface area (Å²) in [6.07, 6.45) is 2.19. The van der Waals surface area contributed by atoms with Crippen molar-refractivity contribution in [2.75, 3.05) is 26.7 Å². The number of nitrogens with one attached hydrogen (secondary N) is 1. The Bertz CT molecular complexity index is 227. The highest BCUT2D eigenvalue weighted by atomic mass is 16.4. The van der Waals surface area contributed by atoms with Gasteiger partial charge in [-0.25, -0.2) is 4.79 Å². The Morgan fingerprint density at radius 3 is 2.56 bits per heavy atom. The molecule has 0 aliphatic rings. The summed E-state index contributed by atoms with van der Waals surface area (Å²) in [6.45, 7) is 10.1. The quantitative estimate of drug-likeness (QED) is 0.462. The van der Waals surface area contributed by atoms with Gasteiger partial charge >= 0.3 is 5.97 Å². The molecule has 0 radical (unpaired) electrons. The first-order chi connectivity index (χ1) is 7.45. The number of aliphatic carboxylic acids is 1. The zero-order valence-electron chi connectivity index (χ0n) is 10.6. The molecule has 0 unspecified atom stereocenters. The summed E-state index contributed by atoms with van der Waals surface area (Å²) in [5.74, 6) is -0.924. The van der Waals surface area contributed by atoms with Crippen LogP contribution in [0.2, 0.25) is 0 Å². The monoisotopic (exact) mass is 228 g/mol. The van der Waals surface area contributed by atoms with Crippen LogP contribution in [0.5, 0.6) is 0 Å². The topological polar surface area (TPSA) is 52.6 Å². The summed E-state index contributed by atoms with van der Waals surface area (Å²) in [5, 5.41) is 11.6. The van der Waals surface area contributed by atoms with Gasteiger partial charge in [-0.15, -0.1) is 0 Å². The molecular formula is C12H24N2O2. The molecule has 0 aliphatic carbocycles. The van der Waals surface area contributed by atoms with E-state index in [4.69, 9.17) is 5.11 Å². The van der Waals surface area contributed by atoms with E-state index in [1.165, 1.54) is 0 Å². The largest absolute Gasteiger partial charge is 0.478 e. The van der Waals surface area contributed by atoms with Crippen LogP contribution >= 0.6 is 0 Å². The van der Waals surface area contributed by atoms with E-state index in [0.29, 0.717) is 12.6 Å². The van der Waals surface area contributed by atoms with Crippen LogP contribution < -0.4 is 5.32 Å². The van der Waals surface area contributed by atoms with E-state index in [0.717, 1.165) is 25.9 Å². The third-order valence-electron chi connectivity index (χ3n) is 2.64. The van der Waals surface area contributed by atoms with Gasteiger partial charge in [0.2, 0.25) is 0 Å². The molecule has 0 rings (SSSR count). The van der Waals surface area contributed by atoms with Gasteiger partial charge in [-0.2, -0.15) is 0 Å². The number of hydrogen-bond acceptors (Lipinski definition) is 3. The van der Waals surface area contributed by atoms with Crippen molar-refractivity contribution in [3.63, 3.8) is 0 Å². The van der Waals surface area contributed by atoms with E-state index in [1.54, 1.807) is 0 Å². The van der Waals surface area contributed by atoms with Crippen LogP contribution in [0, 0.1) is 0 Å². The fourth-order valence-corrected chi connectivity index (χ4v) is 1.18. The maximum absolute atomic E-state index is 10.4. The van der Waals surface area contributed by atoms with Crippen molar-refractivity contribution in [3.05, 3.63) is 12.2 Å². The van der Waals surface area contributed by atoms with Gasteiger partial charge in [0, 0.05) is 18.2 Å². The number of rotatable bonds is 9. The molecule has 2 N–H and O–H groups in total. The molecule has 0 amide bonds. The van der Waals surface area contributed by atoms with Crippen LogP contribution in [0.4, 0.5) is 0 Å². The third-order valence-corrected chi connectivity index (χ3v) is 2.64. The number of nitrogens with zero attached hydrogens (tertiary/aromatic N) is 1. The number of carboxylic acid groups (broad SMARTS) is 1. The van der Waals surface area contributed by atoms with E-state index in [-0.39, 0.29) is 5.57 Å². The predicted octanol–water partition coefficient (Wildman–Crippen LogP) is 1.34. The van der Waals surface area contributed by atoms with Gasteiger partial charge in [-0.05, 0) is 46.8 Å². The normalized spacial score (nSPS) is 11.1. The van der Waals surface area contributed by atoms with Gasteiger partial charge in [0.1, 0.15) is 0 Å². The molecule has 0 saturated carbocycles. The van der Waals surface area contributed by atoms with Gasteiger partial charge in [-0.1, -0.05) is 6.58 Å². The fraction of sp³-hybridized carbons (Fsp3) is 0.750. The highest BCUT2D eigenvalue weighted by Crippen LogP contribution is 1.97. The molecule has 0 saturated heterocycles. The van der Waals surface area contributed by atoms with Crippen molar-refractivity contribution in [3.8, 4) is 0 Å². The number of carboxylic acids is 1. The molecule has 0 fully saturated rings. The lowest BCUT2D eigenvalue weighted by molar-refractivity contribution is -0.132. The van der Waals surface area contributed by atoms with E-state index in [2.05, 4.69) is 37.7 Å². The first-order valence-electron chi connectivity index (χ1n) is 5.77. The van der Waals surface area contributed by atoms with Crippen molar-refractivity contribution < 1.29 is 9.90 Å².